The number of likely N-dealkylation sites (N-methyl/N-ethyl adjacent to an activating group) is 1. The van der Waals surface area contributed by atoms with Crippen molar-refractivity contribution in [1.82, 2.24) is 10.6 Å². The monoisotopic (exact) mass is 474 g/mol. The number of benzene rings is 2. The molecule has 0 bridgehead atoms. The first-order chi connectivity index (χ1) is 13.6. The third kappa shape index (κ3) is 5.74. The lowest BCUT2D eigenvalue weighted by molar-refractivity contribution is 0.179. The van der Waals surface area contributed by atoms with Crippen LogP contribution in [-0.4, -0.2) is 33.9 Å². The van der Waals surface area contributed by atoms with Crippen LogP contribution < -0.4 is 20.1 Å². The summed E-state index contributed by atoms with van der Waals surface area (Å²) in [7, 11) is 5.39. The Balaban J connectivity index is 0.00000225. The minimum absolute atomic E-state index is 0. The lowest BCUT2D eigenvalue weighted by Crippen LogP contribution is -2.58. The first-order valence-electron chi connectivity index (χ1n) is 10.0. The molecule has 2 N–H and O–H groups in total. The molecule has 30 heavy (non-hydrogen) atoms. The van der Waals surface area contributed by atoms with Gasteiger partial charge in [0.15, 0.2) is 11.5 Å². The van der Waals surface area contributed by atoms with Crippen molar-refractivity contribution >= 4 is 36.4 Å². The summed E-state index contributed by atoms with van der Waals surface area (Å²) in [6.45, 7) is 0.897. The lowest BCUT2D eigenvalue weighted by atomic mass is 9.72. The largest absolute Gasteiger partial charge is 0.493 e. The quantitative estimate of drug-likeness (QED) is 0.537. The van der Waals surface area contributed by atoms with Crippen LogP contribution in [0.4, 0.5) is 0 Å². The van der Waals surface area contributed by atoms with Gasteiger partial charge in [-0.25, -0.2) is 0 Å². The van der Waals surface area contributed by atoms with Crippen LogP contribution in [0.15, 0.2) is 42.5 Å². The topological polar surface area (TPSA) is 42.5 Å². The number of nitrogens with one attached hydrogen (secondary N) is 2. The maximum Gasteiger partial charge on any atom is 0.160 e. The van der Waals surface area contributed by atoms with Gasteiger partial charge in [0.25, 0.3) is 0 Å². The first kappa shape index (κ1) is 26.9. The summed E-state index contributed by atoms with van der Waals surface area (Å²) in [5.74, 6) is 1.54. The third-order valence-corrected chi connectivity index (χ3v) is 6.29. The SMILES string of the molecule is CN[C@]1(c2ccccc2Cl)CCCC[C@@H]1NCCc1ccc(OC)c(OC)c1.Cl.Cl. The molecule has 0 saturated heterocycles. The van der Waals surface area contributed by atoms with Crippen molar-refractivity contribution < 1.29 is 9.47 Å². The van der Waals surface area contributed by atoms with E-state index < -0.39 is 0 Å². The van der Waals surface area contributed by atoms with Crippen molar-refractivity contribution in [3.63, 3.8) is 0 Å². The van der Waals surface area contributed by atoms with Crippen molar-refractivity contribution in [2.45, 2.75) is 43.7 Å². The molecule has 0 amide bonds. The van der Waals surface area contributed by atoms with Gasteiger partial charge in [0.1, 0.15) is 0 Å². The standard InChI is InChI=1S/C23H31ClN2O2.2ClH/c1-25-23(18-8-4-5-9-19(18)24)14-7-6-10-22(23)26-15-13-17-11-12-20(27-2)21(16-17)28-3;;/h4-5,8-9,11-12,16,22,25-26H,6-7,10,13-15H2,1-3H3;2*1H/t22-,23-;;/m0../s1. The molecule has 0 heterocycles. The Bertz CT molecular complexity index is 791. The van der Waals surface area contributed by atoms with Crippen LogP contribution in [0.5, 0.6) is 11.5 Å². The fourth-order valence-electron chi connectivity index (χ4n) is 4.46. The zero-order chi connectivity index (χ0) is 20.0. The van der Waals surface area contributed by atoms with E-state index in [0.717, 1.165) is 42.3 Å². The Morgan fingerprint density at radius 3 is 2.43 bits per heavy atom. The van der Waals surface area contributed by atoms with E-state index in [9.17, 15) is 0 Å². The van der Waals surface area contributed by atoms with E-state index in [-0.39, 0.29) is 30.4 Å². The van der Waals surface area contributed by atoms with Gasteiger partial charge in [0, 0.05) is 11.1 Å². The molecule has 4 nitrogen and oxygen atoms in total. The van der Waals surface area contributed by atoms with Gasteiger partial charge in [-0.05, 0) is 62.2 Å². The van der Waals surface area contributed by atoms with Crippen LogP contribution in [-0.2, 0) is 12.0 Å². The molecular weight excluding hydrogens is 443 g/mol. The second kappa shape index (κ2) is 12.6. The summed E-state index contributed by atoms with van der Waals surface area (Å²) in [5.41, 5.74) is 2.30. The molecule has 0 unspecified atom stereocenters. The molecule has 1 fully saturated rings. The smallest absolute Gasteiger partial charge is 0.160 e. The van der Waals surface area contributed by atoms with Crippen LogP contribution in [0.2, 0.25) is 5.02 Å². The first-order valence-corrected chi connectivity index (χ1v) is 10.4. The van der Waals surface area contributed by atoms with E-state index in [2.05, 4.69) is 41.9 Å². The second-order valence-corrected chi connectivity index (χ2v) is 7.80. The number of ether oxygens (including phenoxy) is 2. The Hall–Kier alpha value is -1.17. The molecule has 3 rings (SSSR count). The van der Waals surface area contributed by atoms with Gasteiger partial charge >= 0.3 is 0 Å². The molecule has 2 aromatic carbocycles. The zero-order valence-corrected chi connectivity index (χ0v) is 20.3. The van der Waals surface area contributed by atoms with E-state index in [1.807, 2.05) is 18.2 Å². The zero-order valence-electron chi connectivity index (χ0n) is 17.9. The molecule has 0 aromatic heterocycles. The highest BCUT2D eigenvalue weighted by Gasteiger charge is 2.41. The summed E-state index contributed by atoms with van der Waals surface area (Å²) in [5, 5.41) is 8.27. The number of halogens is 3. The maximum absolute atomic E-state index is 6.59. The Labute approximate surface area is 197 Å². The Morgan fingerprint density at radius 2 is 1.77 bits per heavy atom. The molecule has 0 spiro atoms. The van der Waals surface area contributed by atoms with E-state index >= 15 is 0 Å². The predicted octanol–water partition coefficient (Wildman–Crippen LogP) is 5.39. The van der Waals surface area contributed by atoms with Gasteiger partial charge in [0.2, 0.25) is 0 Å². The lowest BCUT2D eigenvalue weighted by Gasteiger charge is -2.45. The molecule has 168 valence electrons. The summed E-state index contributed by atoms with van der Waals surface area (Å²) in [6.07, 6.45) is 5.60. The van der Waals surface area contributed by atoms with Crippen LogP contribution in [0.3, 0.4) is 0 Å². The fourth-order valence-corrected chi connectivity index (χ4v) is 4.76. The fraction of sp³-hybridized carbons (Fsp3) is 0.478. The molecule has 1 aliphatic rings. The summed E-state index contributed by atoms with van der Waals surface area (Å²) in [6, 6.07) is 14.7. The van der Waals surface area contributed by atoms with Gasteiger partial charge in [-0.1, -0.05) is 48.7 Å². The molecule has 7 heteroatoms. The van der Waals surface area contributed by atoms with Crippen molar-refractivity contribution in [2.75, 3.05) is 27.8 Å². The van der Waals surface area contributed by atoms with Gasteiger partial charge < -0.3 is 20.1 Å². The van der Waals surface area contributed by atoms with Crippen LogP contribution in [0.25, 0.3) is 0 Å². The summed E-state index contributed by atoms with van der Waals surface area (Å²) >= 11 is 6.59. The number of methoxy groups -OCH3 is 2. The molecule has 2 aromatic rings. The van der Waals surface area contributed by atoms with E-state index in [4.69, 9.17) is 21.1 Å². The minimum atomic E-state index is -0.131. The predicted molar refractivity (Wildman–Crippen MR) is 130 cm³/mol. The van der Waals surface area contributed by atoms with Gasteiger partial charge in [-0.15, -0.1) is 24.8 Å². The number of hydrogen-bond donors (Lipinski definition) is 2. The Kier molecular flexibility index (Phi) is 11.3. The highest BCUT2D eigenvalue weighted by atomic mass is 35.5. The van der Waals surface area contributed by atoms with Crippen molar-refractivity contribution in [3.8, 4) is 11.5 Å². The van der Waals surface area contributed by atoms with Gasteiger partial charge in [0.05, 0.1) is 19.8 Å². The van der Waals surface area contributed by atoms with Crippen LogP contribution >= 0.6 is 36.4 Å². The number of hydrogen-bond acceptors (Lipinski definition) is 4. The molecule has 0 radical (unpaired) electrons. The average molecular weight is 476 g/mol. The third-order valence-electron chi connectivity index (χ3n) is 5.96. The highest BCUT2D eigenvalue weighted by Crippen LogP contribution is 2.40. The van der Waals surface area contributed by atoms with Gasteiger partial charge in [-0.2, -0.15) is 0 Å². The van der Waals surface area contributed by atoms with Crippen LogP contribution in [0, 0.1) is 0 Å². The minimum Gasteiger partial charge on any atom is -0.493 e. The second-order valence-electron chi connectivity index (χ2n) is 7.39. The number of rotatable bonds is 8. The van der Waals surface area contributed by atoms with E-state index in [1.165, 1.54) is 24.0 Å². The maximum atomic E-state index is 6.59. The average Bonchev–Trinajstić information content (AvgIpc) is 2.74. The van der Waals surface area contributed by atoms with Crippen molar-refractivity contribution in [3.05, 3.63) is 58.6 Å². The van der Waals surface area contributed by atoms with E-state index in [1.54, 1.807) is 14.2 Å². The Morgan fingerprint density at radius 1 is 1.03 bits per heavy atom. The van der Waals surface area contributed by atoms with Crippen molar-refractivity contribution in [2.24, 2.45) is 0 Å². The van der Waals surface area contributed by atoms with Crippen LogP contribution in [0.1, 0.15) is 36.8 Å². The normalized spacial score (nSPS) is 20.6. The molecule has 1 aliphatic carbocycles. The molecule has 2 atom stereocenters. The molecule has 1 saturated carbocycles. The van der Waals surface area contributed by atoms with Crippen molar-refractivity contribution in [1.29, 1.82) is 0 Å². The summed E-state index contributed by atoms with van der Waals surface area (Å²) < 4.78 is 10.8. The molecule has 0 aliphatic heterocycles. The summed E-state index contributed by atoms with van der Waals surface area (Å²) in [4.78, 5) is 0. The highest BCUT2D eigenvalue weighted by molar-refractivity contribution is 6.31. The molecular formula is C23H33Cl3N2O2. The van der Waals surface area contributed by atoms with Gasteiger partial charge in [-0.3, -0.25) is 0 Å². The van der Waals surface area contributed by atoms with E-state index in [0.29, 0.717) is 6.04 Å².